The number of benzene rings is 2. The molecule has 198 valence electrons. The Morgan fingerprint density at radius 2 is 1.79 bits per heavy atom. The Labute approximate surface area is 232 Å². The Kier molecular flexibility index (Phi) is 7.00. The van der Waals surface area contributed by atoms with Gasteiger partial charge in [-0.25, -0.2) is 4.79 Å². The summed E-state index contributed by atoms with van der Waals surface area (Å²) in [7, 11) is 1.37. The fraction of sp³-hybridized carbons (Fsp3) is 0.233. The number of hydrogen-bond acceptors (Lipinski definition) is 7. The number of nitrogens with zero attached hydrogens (tertiary/aromatic N) is 3. The highest BCUT2D eigenvalue weighted by atomic mass is 32.1. The summed E-state index contributed by atoms with van der Waals surface area (Å²) < 4.78 is 16.8. The average molecular weight is 541 g/mol. The molecular weight excluding hydrogens is 512 g/mol. The van der Waals surface area contributed by atoms with E-state index in [4.69, 9.17) is 26.1 Å². The van der Waals surface area contributed by atoms with E-state index in [1.165, 1.54) is 7.11 Å². The van der Waals surface area contributed by atoms with Gasteiger partial charge in [0.05, 0.1) is 37.6 Å². The van der Waals surface area contributed by atoms with Gasteiger partial charge in [-0.05, 0) is 72.9 Å². The first-order chi connectivity index (χ1) is 19.1. The summed E-state index contributed by atoms with van der Waals surface area (Å²) in [5.74, 6) is 0.987. The molecule has 4 heterocycles. The van der Waals surface area contributed by atoms with Crippen molar-refractivity contribution in [1.29, 1.82) is 0 Å². The van der Waals surface area contributed by atoms with Crippen LogP contribution in [0.2, 0.25) is 0 Å². The minimum Gasteiger partial charge on any atom is -0.465 e. The minimum atomic E-state index is -0.393. The molecule has 2 saturated heterocycles. The molecule has 2 aromatic carbocycles. The fourth-order valence-electron chi connectivity index (χ4n) is 5.15. The molecule has 0 saturated carbocycles. The maximum absolute atomic E-state index is 12.1. The Morgan fingerprint density at radius 1 is 1.00 bits per heavy atom. The lowest BCUT2D eigenvalue weighted by molar-refractivity contribution is 0.0600. The van der Waals surface area contributed by atoms with Crippen LogP contribution >= 0.6 is 12.2 Å². The van der Waals surface area contributed by atoms with Gasteiger partial charge in [-0.2, -0.15) is 0 Å². The number of carbonyl (C=O) groups is 1. The third-order valence-electron chi connectivity index (χ3n) is 7.09. The van der Waals surface area contributed by atoms with Gasteiger partial charge in [-0.15, -0.1) is 0 Å². The molecule has 2 aromatic heterocycles. The van der Waals surface area contributed by atoms with Gasteiger partial charge in [-0.1, -0.05) is 18.2 Å². The molecule has 0 radical (unpaired) electrons. The van der Waals surface area contributed by atoms with Gasteiger partial charge in [0, 0.05) is 36.2 Å². The number of ether oxygens (including phenoxy) is 2. The van der Waals surface area contributed by atoms with Gasteiger partial charge in [0.15, 0.2) is 5.11 Å². The number of rotatable bonds is 6. The van der Waals surface area contributed by atoms with Crippen molar-refractivity contribution in [1.82, 2.24) is 10.3 Å². The van der Waals surface area contributed by atoms with E-state index in [0.717, 1.165) is 54.7 Å². The van der Waals surface area contributed by atoms with Crippen LogP contribution in [0.25, 0.3) is 11.3 Å². The Balaban J connectivity index is 1.36. The van der Waals surface area contributed by atoms with Crippen LogP contribution in [0, 0.1) is 0 Å². The van der Waals surface area contributed by atoms with E-state index >= 15 is 0 Å². The number of thiocarbonyl (C=S) groups is 1. The molecule has 8 nitrogen and oxygen atoms in total. The molecule has 39 heavy (non-hydrogen) atoms. The highest BCUT2D eigenvalue weighted by molar-refractivity contribution is 7.80. The highest BCUT2D eigenvalue weighted by Crippen LogP contribution is 2.43. The van der Waals surface area contributed by atoms with Crippen molar-refractivity contribution in [3.8, 4) is 11.3 Å². The predicted molar refractivity (Wildman–Crippen MR) is 153 cm³/mol. The second-order valence-corrected chi connectivity index (χ2v) is 9.77. The molecule has 0 amide bonds. The third-order valence-corrected chi connectivity index (χ3v) is 7.40. The van der Waals surface area contributed by atoms with E-state index in [9.17, 15) is 4.79 Å². The summed E-state index contributed by atoms with van der Waals surface area (Å²) >= 11 is 5.86. The molecule has 0 unspecified atom stereocenters. The smallest absolute Gasteiger partial charge is 0.337 e. The van der Waals surface area contributed by atoms with Crippen molar-refractivity contribution in [2.75, 3.05) is 43.2 Å². The molecule has 6 rings (SSSR count). The number of carbonyl (C=O) groups excluding carboxylic acids is 1. The molecule has 0 bridgehead atoms. The van der Waals surface area contributed by atoms with E-state index in [1.54, 1.807) is 18.3 Å². The maximum Gasteiger partial charge on any atom is 0.337 e. The lowest BCUT2D eigenvalue weighted by Gasteiger charge is -2.30. The quantitative estimate of drug-likeness (QED) is 0.264. The molecule has 0 spiro atoms. The van der Waals surface area contributed by atoms with Crippen molar-refractivity contribution < 1.29 is 18.7 Å². The molecular formula is C30H28N4O4S. The monoisotopic (exact) mass is 540 g/mol. The van der Waals surface area contributed by atoms with Gasteiger partial charge in [0.25, 0.3) is 0 Å². The van der Waals surface area contributed by atoms with Crippen LogP contribution in [0.5, 0.6) is 0 Å². The standard InChI is InChI=1S/C30H28N4O4S/c1-36-29(35)21-6-4-5-20(19-21)25-12-13-26(38-25)28-27(24-7-2-3-14-31-24)32-30(39)34(28)23-10-8-22(9-11-23)33-15-17-37-18-16-33/h2-14,19,27-28H,15-18H2,1H3,(H,32,39)/t27-,28-/m1/s1. The predicted octanol–water partition coefficient (Wildman–Crippen LogP) is 5.14. The molecule has 2 atom stereocenters. The molecule has 2 aliphatic heterocycles. The number of methoxy groups -OCH3 is 1. The molecule has 4 aromatic rings. The van der Waals surface area contributed by atoms with Crippen LogP contribution in [0.4, 0.5) is 11.4 Å². The van der Waals surface area contributed by atoms with Crippen molar-refractivity contribution in [2.45, 2.75) is 12.1 Å². The van der Waals surface area contributed by atoms with Crippen LogP contribution in [0.15, 0.2) is 89.5 Å². The largest absolute Gasteiger partial charge is 0.465 e. The molecule has 1 N–H and O–H groups in total. The molecule has 9 heteroatoms. The number of pyridine rings is 1. The topological polar surface area (TPSA) is 80.1 Å². The van der Waals surface area contributed by atoms with Crippen LogP contribution in [-0.2, 0) is 9.47 Å². The zero-order chi connectivity index (χ0) is 26.8. The summed E-state index contributed by atoms with van der Waals surface area (Å²) in [6.07, 6.45) is 1.78. The second kappa shape index (κ2) is 10.9. The SMILES string of the molecule is COC(=O)c1cccc(-c2ccc([C@@H]3[C@@H](c4ccccn4)NC(=S)N3c3ccc(N4CCOCC4)cc3)o2)c1. The van der Waals surface area contributed by atoms with Crippen LogP contribution in [0.1, 0.15) is 33.9 Å². The normalized spacial score (nSPS) is 19.2. The molecule has 2 aliphatic rings. The van der Waals surface area contributed by atoms with E-state index < -0.39 is 5.97 Å². The van der Waals surface area contributed by atoms with Crippen LogP contribution in [-0.4, -0.2) is 49.5 Å². The summed E-state index contributed by atoms with van der Waals surface area (Å²) in [5.41, 5.74) is 4.23. The number of esters is 1. The lowest BCUT2D eigenvalue weighted by atomic mass is 10.0. The van der Waals surface area contributed by atoms with Gasteiger partial charge in [0.2, 0.25) is 0 Å². The first-order valence-electron chi connectivity index (χ1n) is 12.8. The third kappa shape index (κ3) is 4.98. The Hall–Kier alpha value is -4.21. The Morgan fingerprint density at radius 3 is 2.54 bits per heavy atom. The number of anilines is 2. The number of furan rings is 1. The summed E-state index contributed by atoms with van der Waals surface area (Å²) in [6, 6.07) is 24.9. The first kappa shape index (κ1) is 25.1. The highest BCUT2D eigenvalue weighted by Gasteiger charge is 2.42. The number of aromatic nitrogens is 1. The zero-order valence-corrected chi connectivity index (χ0v) is 22.3. The number of nitrogens with one attached hydrogen (secondary N) is 1. The van der Waals surface area contributed by atoms with E-state index in [0.29, 0.717) is 16.4 Å². The summed E-state index contributed by atoms with van der Waals surface area (Å²) in [4.78, 5) is 21.1. The van der Waals surface area contributed by atoms with Crippen molar-refractivity contribution in [3.05, 3.63) is 102 Å². The van der Waals surface area contributed by atoms with Crippen molar-refractivity contribution >= 4 is 34.7 Å². The van der Waals surface area contributed by atoms with Gasteiger partial charge in [-0.3, -0.25) is 4.98 Å². The molecule has 2 fully saturated rings. The second-order valence-electron chi connectivity index (χ2n) is 9.39. The van der Waals surface area contributed by atoms with Crippen LogP contribution in [0.3, 0.4) is 0 Å². The van der Waals surface area contributed by atoms with Gasteiger partial charge >= 0.3 is 5.97 Å². The van der Waals surface area contributed by atoms with E-state index in [2.05, 4.69) is 44.4 Å². The Bertz CT molecular complexity index is 1470. The van der Waals surface area contributed by atoms with Crippen LogP contribution < -0.4 is 15.1 Å². The number of hydrogen-bond donors (Lipinski definition) is 1. The molecule has 0 aliphatic carbocycles. The number of morpholine rings is 1. The summed E-state index contributed by atoms with van der Waals surface area (Å²) in [5, 5.41) is 4.07. The van der Waals surface area contributed by atoms with Gasteiger partial charge in [0.1, 0.15) is 17.6 Å². The lowest BCUT2D eigenvalue weighted by Crippen LogP contribution is -2.36. The van der Waals surface area contributed by atoms with Crippen molar-refractivity contribution in [2.24, 2.45) is 0 Å². The van der Waals surface area contributed by atoms with E-state index in [1.807, 2.05) is 42.5 Å². The summed E-state index contributed by atoms with van der Waals surface area (Å²) in [6.45, 7) is 3.22. The minimum absolute atomic E-state index is 0.224. The average Bonchev–Trinajstić information content (AvgIpc) is 3.62. The van der Waals surface area contributed by atoms with Gasteiger partial charge < -0.3 is 29.0 Å². The first-order valence-corrected chi connectivity index (χ1v) is 13.2. The maximum atomic E-state index is 12.1. The fourth-order valence-corrected chi connectivity index (χ4v) is 5.50. The zero-order valence-electron chi connectivity index (χ0n) is 21.4. The van der Waals surface area contributed by atoms with E-state index in [-0.39, 0.29) is 12.1 Å². The van der Waals surface area contributed by atoms with Crippen molar-refractivity contribution in [3.63, 3.8) is 0 Å².